The van der Waals surface area contributed by atoms with Crippen molar-refractivity contribution in [1.82, 2.24) is 5.32 Å². The van der Waals surface area contributed by atoms with Crippen molar-refractivity contribution in [2.75, 3.05) is 14.2 Å². The van der Waals surface area contributed by atoms with Crippen molar-refractivity contribution in [2.45, 2.75) is 24.9 Å². The van der Waals surface area contributed by atoms with Crippen LogP contribution in [0.5, 0.6) is 11.5 Å². The van der Waals surface area contributed by atoms with Crippen molar-refractivity contribution in [2.24, 2.45) is 0 Å². The molecule has 20 heavy (non-hydrogen) atoms. The summed E-state index contributed by atoms with van der Waals surface area (Å²) < 4.78 is 10.4. The maximum atomic E-state index is 11.6. The minimum atomic E-state index is -0.867. The van der Waals surface area contributed by atoms with Crippen molar-refractivity contribution >= 4 is 5.91 Å². The Kier molecular flexibility index (Phi) is 4.07. The number of nitro groups is 1. The van der Waals surface area contributed by atoms with Gasteiger partial charge >= 0.3 is 0 Å². The van der Waals surface area contributed by atoms with Crippen molar-refractivity contribution in [1.29, 1.82) is 0 Å². The highest BCUT2D eigenvalue weighted by molar-refractivity contribution is 5.77. The van der Waals surface area contributed by atoms with E-state index >= 15 is 0 Å². The standard InChI is InChI=1S/C13H16N2O5/c1-19-8-3-5-11(20-2)9(7-8)13-10(15(17)18)4-6-12(16)14-13/h3,5,7,10,13H,4,6H2,1-2H3,(H,14,16)/t10-,13-/m1/s1. The maximum Gasteiger partial charge on any atom is 0.237 e. The number of nitrogens with zero attached hydrogens (tertiary/aromatic N) is 1. The van der Waals surface area contributed by atoms with Gasteiger partial charge < -0.3 is 14.8 Å². The minimum Gasteiger partial charge on any atom is -0.497 e. The molecule has 1 amide bonds. The highest BCUT2D eigenvalue weighted by Crippen LogP contribution is 2.34. The van der Waals surface area contributed by atoms with Gasteiger partial charge in [-0.3, -0.25) is 14.9 Å². The number of benzene rings is 1. The van der Waals surface area contributed by atoms with Crippen LogP contribution >= 0.6 is 0 Å². The Morgan fingerprint density at radius 2 is 2.10 bits per heavy atom. The van der Waals surface area contributed by atoms with E-state index in [2.05, 4.69) is 5.32 Å². The first-order valence-electron chi connectivity index (χ1n) is 6.21. The van der Waals surface area contributed by atoms with Gasteiger partial charge in [0.1, 0.15) is 17.5 Å². The average molecular weight is 280 g/mol. The predicted octanol–water partition coefficient (Wildman–Crippen LogP) is 1.30. The summed E-state index contributed by atoms with van der Waals surface area (Å²) in [5.41, 5.74) is 0.557. The summed E-state index contributed by atoms with van der Waals surface area (Å²) in [6.45, 7) is 0. The molecule has 1 aromatic rings. The van der Waals surface area contributed by atoms with E-state index in [0.717, 1.165) is 0 Å². The molecular weight excluding hydrogens is 264 g/mol. The van der Waals surface area contributed by atoms with Crippen LogP contribution in [0.4, 0.5) is 0 Å². The first kappa shape index (κ1) is 14.1. The van der Waals surface area contributed by atoms with Gasteiger partial charge in [-0.25, -0.2) is 0 Å². The topological polar surface area (TPSA) is 90.7 Å². The second kappa shape index (κ2) is 5.77. The first-order valence-corrected chi connectivity index (χ1v) is 6.21. The lowest BCUT2D eigenvalue weighted by atomic mass is 9.91. The SMILES string of the molecule is COc1ccc(OC)c([C@H]2NC(=O)CC[C@H]2[N+](=O)[O-])c1. The molecule has 0 radical (unpaired) electrons. The van der Waals surface area contributed by atoms with Crippen LogP contribution in [0.15, 0.2) is 18.2 Å². The van der Waals surface area contributed by atoms with Crippen LogP contribution in [0.25, 0.3) is 0 Å². The largest absolute Gasteiger partial charge is 0.497 e. The quantitative estimate of drug-likeness (QED) is 0.663. The van der Waals surface area contributed by atoms with Gasteiger partial charge in [0.05, 0.1) is 14.2 Å². The van der Waals surface area contributed by atoms with E-state index in [0.29, 0.717) is 17.1 Å². The average Bonchev–Trinajstić information content (AvgIpc) is 2.46. The molecule has 1 aromatic carbocycles. The number of methoxy groups -OCH3 is 2. The summed E-state index contributed by atoms with van der Waals surface area (Å²) in [6.07, 6.45) is 0.373. The summed E-state index contributed by atoms with van der Waals surface area (Å²) in [5, 5.41) is 13.9. The molecule has 0 aliphatic carbocycles. The van der Waals surface area contributed by atoms with Crippen LogP contribution < -0.4 is 14.8 Å². The molecular formula is C13H16N2O5. The molecule has 1 fully saturated rings. The van der Waals surface area contributed by atoms with Crippen LogP contribution in [0.1, 0.15) is 24.4 Å². The molecule has 1 heterocycles. The molecule has 1 saturated heterocycles. The Balaban J connectivity index is 2.44. The lowest BCUT2D eigenvalue weighted by Gasteiger charge is -2.28. The third kappa shape index (κ3) is 2.66. The Bertz CT molecular complexity index is 531. The monoisotopic (exact) mass is 280 g/mol. The number of rotatable bonds is 4. The Morgan fingerprint density at radius 3 is 2.70 bits per heavy atom. The second-order valence-electron chi connectivity index (χ2n) is 4.54. The van der Waals surface area contributed by atoms with E-state index in [1.165, 1.54) is 14.2 Å². The van der Waals surface area contributed by atoms with E-state index in [-0.39, 0.29) is 23.7 Å². The van der Waals surface area contributed by atoms with Crippen molar-refractivity contribution in [3.63, 3.8) is 0 Å². The molecule has 1 N–H and O–H groups in total. The number of ether oxygens (including phenoxy) is 2. The number of carbonyl (C=O) groups is 1. The zero-order valence-electron chi connectivity index (χ0n) is 11.3. The minimum absolute atomic E-state index is 0.161. The van der Waals surface area contributed by atoms with E-state index < -0.39 is 12.1 Å². The van der Waals surface area contributed by atoms with Gasteiger partial charge in [-0.05, 0) is 18.2 Å². The van der Waals surface area contributed by atoms with E-state index in [1.807, 2.05) is 0 Å². The Hall–Kier alpha value is -2.31. The molecule has 108 valence electrons. The fourth-order valence-electron chi connectivity index (χ4n) is 2.38. The highest BCUT2D eigenvalue weighted by atomic mass is 16.6. The maximum absolute atomic E-state index is 11.6. The van der Waals surface area contributed by atoms with Crippen molar-refractivity contribution in [3.05, 3.63) is 33.9 Å². The highest BCUT2D eigenvalue weighted by Gasteiger charge is 2.39. The summed E-state index contributed by atoms with van der Waals surface area (Å²) in [7, 11) is 2.99. The van der Waals surface area contributed by atoms with Crippen LogP contribution in [0, 0.1) is 10.1 Å². The summed E-state index contributed by atoms with van der Waals surface area (Å²) in [5.74, 6) is 0.852. The van der Waals surface area contributed by atoms with E-state index in [4.69, 9.17) is 9.47 Å². The van der Waals surface area contributed by atoms with Crippen molar-refractivity contribution < 1.29 is 19.2 Å². The Labute approximate surface area is 116 Å². The van der Waals surface area contributed by atoms with Crippen LogP contribution in [0.2, 0.25) is 0 Å². The van der Waals surface area contributed by atoms with E-state index in [9.17, 15) is 14.9 Å². The summed E-state index contributed by atoms with van der Waals surface area (Å²) in [4.78, 5) is 22.4. The zero-order valence-corrected chi connectivity index (χ0v) is 11.3. The van der Waals surface area contributed by atoms with Crippen LogP contribution in [-0.4, -0.2) is 31.1 Å². The predicted molar refractivity (Wildman–Crippen MR) is 70.4 cm³/mol. The molecule has 0 saturated carbocycles. The lowest BCUT2D eigenvalue weighted by Crippen LogP contribution is -2.45. The molecule has 2 rings (SSSR count). The van der Waals surface area contributed by atoms with Gasteiger partial charge in [0.15, 0.2) is 0 Å². The number of amides is 1. The molecule has 0 unspecified atom stereocenters. The lowest BCUT2D eigenvalue weighted by molar-refractivity contribution is -0.529. The van der Waals surface area contributed by atoms with Gasteiger partial charge in [0, 0.05) is 23.3 Å². The van der Waals surface area contributed by atoms with Gasteiger partial charge in [0.25, 0.3) is 0 Å². The number of piperidine rings is 1. The molecule has 0 bridgehead atoms. The van der Waals surface area contributed by atoms with Crippen LogP contribution in [-0.2, 0) is 4.79 Å². The molecule has 7 nitrogen and oxygen atoms in total. The number of nitrogens with one attached hydrogen (secondary N) is 1. The molecule has 1 aliphatic heterocycles. The number of carbonyl (C=O) groups excluding carboxylic acids is 1. The fourth-order valence-corrected chi connectivity index (χ4v) is 2.38. The molecule has 0 spiro atoms. The van der Waals surface area contributed by atoms with Crippen LogP contribution in [0.3, 0.4) is 0 Å². The fraction of sp³-hybridized carbons (Fsp3) is 0.462. The molecule has 1 aliphatic rings. The number of hydrogen-bond acceptors (Lipinski definition) is 5. The van der Waals surface area contributed by atoms with E-state index in [1.54, 1.807) is 18.2 Å². The first-order chi connectivity index (χ1) is 9.56. The summed E-state index contributed by atoms with van der Waals surface area (Å²) >= 11 is 0. The molecule has 7 heteroatoms. The molecule has 2 atom stereocenters. The second-order valence-corrected chi connectivity index (χ2v) is 4.54. The molecule has 0 aromatic heterocycles. The smallest absolute Gasteiger partial charge is 0.237 e. The van der Waals surface area contributed by atoms with Gasteiger partial charge in [-0.2, -0.15) is 0 Å². The van der Waals surface area contributed by atoms with Gasteiger partial charge in [0.2, 0.25) is 11.9 Å². The van der Waals surface area contributed by atoms with Crippen molar-refractivity contribution in [3.8, 4) is 11.5 Å². The normalized spacial score (nSPS) is 22.0. The third-order valence-electron chi connectivity index (χ3n) is 3.41. The number of hydrogen-bond donors (Lipinski definition) is 1. The zero-order chi connectivity index (χ0) is 14.7. The third-order valence-corrected chi connectivity index (χ3v) is 3.41. The summed E-state index contributed by atoms with van der Waals surface area (Å²) in [6, 6.07) is 3.45. The van der Waals surface area contributed by atoms with Gasteiger partial charge in [-0.1, -0.05) is 0 Å². The van der Waals surface area contributed by atoms with Gasteiger partial charge in [-0.15, -0.1) is 0 Å². The Morgan fingerprint density at radius 1 is 1.35 bits per heavy atom.